The van der Waals surface area contributed by atoms with Gasteiger partial charge in [-0.2, -0.15) is 35.9 Å². The molecule has 0 unspecified atom stereocenters. The highest BCUT2D eigenvalue weighted by Crippen LogP contribution is 2.35. The number of phenols is 3. The van der Waals surface area contributed by atoms with E-state index in [4.69, 9.17) is 21.1 Å². The lowest BCUT2D eigenvalue weighted by Crippen LogP contribution is -2.15. The normalized spacial score (nSPS) is 10.6. The van der Waals surface area contributed by atoms with Crippen LogP contribution in [-0.2, 0) is 44.7 Å². The van der Waals surface area contributed by atoms with E-state index in [1.165, 1.54) is 67.5 Å². The monoisotopic (exact) mass is 1730 g/mol. The van der Waals surface area contributed by atoms with Crippen molar-refractivity contribution in [3.8, 4) is 103 Å². The van der Waals surface area contributed by atoms with Crippen LogP contribution in [0.2, 0.25) is 5.02 Å². The zero-order valence-electron chi connectivity index (χ0n) is 69.9. The first-order valence-electron chi connectivity index (χ1n) is 40.5. The van der Waals surface area contributed by atoms with Crippen LogP contribution in [0.3, 0.4) is 0 Å². The Kier molecular flexibility index (Phi) is 30.3. The Hall–Kier alpha value is -17.1. The van der Waals surface area contributed by atoms with Gasteiger partial charge in [0.15, 0.2) is 0 Å². The van der Waals surface area contributed by atoms with Crippen molar-refractivity contribution in [1.82, 2.24) is 88.6 Å². The van der Waals surface area contributed by atoms with Gasteiger partial charge in [-0.25, -0.2) is 66.8 Å². The predicted octanol–water partition coefficient (Wildman–Crippen LogP) is 20.5. The molecule has 0 amide bonds. The van der Waals surface area contributed by atoms with E-state index in [2.05, 4.69) is 121 Å². The number of halogens is 3. The van der Waals surface area contributed by atoms with Gasteiger partial charge in [-0.05, 0) is 237 Å². The van der Waals surface area contributed by atoms with Gasteiger partial charge in [0.1, 0.15) is 128 Å². The van der Waals surface area contributed by atoms with Crippen molar-refractivity contribution in [2.24, 2.45) is 0 Å². The maximum Gasteiger partial charge on any atom is 0.137 e. The number of nitriles is 1. The molecule has 129 heavy (non-hydrogen) atoms. The van der Waals surface area contributed by atoms with Gasteiger partial charge in [0.2, 0.25) is 0 Å². The highest BCUT2D eigenvalue weighted by Gasteiger charge is 2.22. The van der Waals surface area contributed by atoms with Gasteiger partial charge in [-0.15, -0.1) is 0 Å². The van der Waals surface area contributed by atoms with Crippen LogP contribution < -0.4 is 9.47 Å². The van der Waals surface area contributed by atoms with Crippen LogP contribution in [-0.4, -0.2) is 104 Å². The molecule has 0 saturated carbocycles. The summed E-state index contributed by atoms with van der Waals surface area (Å²) in [5, 5.41) is 62.5. The number of benzene rings is 13. The van der Waals surface area contributed by atoms with Crippen molar-refractivity contribution in [2.45, 2.75) is 58.5 Å². The van der Waals surface area contributed by atoms with Crippen LogP contribution in [0.5, 0.6) is 40.2 Å². The lowest BCUT2D eigenvalue weighted by atomic mass is 9.83. The molecule has 0 fully saturated rings. The summed E-state index contributed by atoms with van der Waals surface area (Å²) < 4.78 is 48.5. The number of nitrogens with zero attached hydrogens (tertiary/aromatic N) is 19. The zero-order valence-corrected chi connectivity index (χ0v) is 70.7. The molecule has 0 aliphatic heterocycles. The second-order valence-corrected chi connectivity index (χ2v) is 30.1. The van der Waals surface area contributed by atoms with Gasteiger partial charge in [0, 0.05) is 16.7 Å². The summed E-state index contributed by atoms with van der Waals surface area (Å²) in [6.45, 7) is 7.73. The van der Waals surface area contributed by atoms with Crippen LogP contribution in [0.25, 0.3) is 44.5 Å². The van der Waals surface area contributed by atoms with E-state index < -0.39 is 5.41 Å². The highest BCUT2D eigenvalue weighted by molar-refractivity contribution is 6.32. The van der Waals surface area contributed by atoms with Gasteiger partial charge in [0.25, 0.3) is 0 Å². The number of rotatable bonds is 21. The second kappa shape index (κ2) is 44.3. The average molecular weight is 1730 g/mol. The summed E-state index contributed by atoms with van der Waals surface area (Å²) in [6.07, 6.45) is 19.2. The molecule has 24 nitrogen and oxygen atoms in total. The van der Waals surface area contributed by atoms with Gasteiger partial charge in [-0.1, -0.05) is 187 Å². The van der Waals surface area contributed by atoms with Crippen molar-refractivity contribution in [3.05, 3.63) is 452 Å². The topological polar surface area (TPSA) is 287 Å². The van der Waals surface area contributed by atoms with Crippen molar-refractivity contribution >= 4 is 11.6 Å². The highest BCUT2D eigenvalue weighted by atomic mass is 35.5. The minimum atomic E-state index is -0.593. The fraction of sp³-hybridized carbons (Fsp3) is 0.0882. The summed E-state index contributed by atoms with van der Waals surface area (Å²) in [4.78, 5) is 23.6. The minimum Gasteiger partial charge on any atom is -0.508 e. The van der Waals surface area contributed by atoms with Crippen molar-refractivity contribution in [3.63, 3.8) is 0 Å². The summed E-state index contributed by atoms with van der Waals surface area (Å²) in [5.41, 5.74) is 16.8. The Balaban J connectivity index is 0.000000125. The molecular weight excluding hydrogens is 1640 g/mol. The average Bonchev–Trinajstić information content (AvgIpc) is 1.30. The van der Waals surface area contributed by atoms with E-state index in [9.17, 15) is 29.4 Å². The Bertz CT molecular complexity index is 6800. The molecule has 0 saturated heterocycles. The van der Waals surface area contributed by atoms with E-state index in [1.54, 1.807) is 134 Å². The van der Waals surface area contributed by atoms with Gasteiger partial charge in [0.05, 0.1) is 55.8 Å². The summed E-state index contributed by atoms with van der Waals surface area (Å²) >= 11 is 5.87. The molecule has 6 aromatic heterocycles. The Morgan fingerprint density at radius 2 is 0.736 bits per heavy atom. The van der Waals surface area contributed by atoms with Gasteiger partial charge >= 0.3 is 0 Å². The van der Waals surface area contributed by atoms with E-state index in [0.29, 0.717) is 50.0 Å². The number of hydrogen-bond acceptors (Lipinski definition) is 18. The lowest BCUT2D eigenvalue weighted by molar-refractivity contribution is 0.464. The number of ether oxygens (including phenoxy) is 2. The summed E-state index contributed by atoms with van der Waals surface area (Å²) in [7, 11) is 0. The molecule has 0 aliphatic carbocycles. The third-order valence-electron chi connectivity index (χ3n) is 19.6. The summed E-state index contributed by atoms with van der Waals surface area (Å²) in [6, 6.07) is 98.4. The standard InChI is InChI=1S/C21H17N3O.C19H18N4O.C17H12ClN3O.2C15H12FN3.C15H13N3O2/c1-2-6-19(7-3-1)25-21-9-5-4-8-20(21)18-12-10-17(11-13-18)14-24-16-22-15-23-24;1-19(2,11-20)17-8-14(10-23-13-21-12-22-23)7-16(9-17)15-3-5-18(24)6-4-15;18-16-9-14(6-7-17(16)22)5-4-13-2-1-3-15(8-13)10-21-12-19-11-20-21;16-15-6-2-5-14(8-15)13-4-1-3-12(7-13)9-19-11-17-10-18-19;16-15-6-4-13(5-7-15)14-3-1-2-12(8-14)9-19-11-17-10-18-19;19-13-4-6-14(7-5-13)20-15-3-1-2-12(8-15)9-18-11-16-10-17-18/h1-13,15-16H,14H2;3-9,12-13,24H,10H2,1-2H3;1-3,6-9,11-12,22H,10H2;2*1-8,10-11H,9H2;1-8,10-11,19H,9H2. The molecule has 0 radical (unpaired) electrons. The molecule has 19 rings (SSSR count). The molecule has 0 spiro atoms. The van der Waals surface area contributed by atoms with Crippen molar-refractivity contribution in [2.75, 3.05) is 0 Å². The first-order chi connectivity index (χ1) is 63.0. The third kappa shape index (κ3) is 27.0. The second-order valence-electron chi connectivity index (χ2n) is 29.6. The minimum absolute atomic E-state index is 0.0575. The van der Waals surface area contributed by atoms with Gasteiger partial charge < -0.3 is 24.8 Å². The smallest absolute Gasteiger partial charge is 0.137 e. The van der Waals surface area contributed by atoms with E-state index in [-0.39, 0.29) is 28.9 Å². The van der Waals surface area contributed by atoms with Crippen LogP contribution in [0.4, 0.5) is 8.78 Å². The first-order valence-corrected chi connectivity index (χ1v) is 40.9. The van der Waals surface area contributed by atoms with Crippen LogP contribution in [0.1, 0.15) is 63.9 Å². The fourth-order valence-corrected chi connectivity index (χ4v) is 13.3. The Morgan fingerprint density at radius 3 is 1.26 bits per heavy atom. The molecule has 19 aromatic rings. The Labute approximate surface area is 747 Å². The number of aromatic nitrogens is 18. The van der Waals surface area contributed by atoms with Crippen LogP contribution in [0.15, 0.2) is 385 Å². The maximum absolute atomic E-state index is 13.2. The molecular formula is C102H84ClF2N19O5. The molecule has 0 bridgehead atoms. The van der Waals surface area contributed by atoms with Crippen LogP contribution in [0, 0.1) is 34.8 Å². The zero-order chi connectivity index (χ0) is 89.4. The Morgan fingerprint density at radius 1 is 0.326 bits per heavy atom. The quantitative estimate of drug-likeness (QED) is 0.0563. The van der Waals surface area contributed by atoms with Gasteiger partial charge in [-0.3, -0.25) is 0 Å². The van der Waals surface area contributed by atoms with Crippen molar-refractivity contribution < 1.29 is 33.6 Å². The van der Waals surface area contributed by atoms with Crippen LogP contribution >= 0.6 is 11.6 Å². The number of para-hydroxylation sites is 2. The number of aromatic hydroxyl groups is 3. The summed E-state index contributed by atoms with van der Waals surface area (Å²) in [5.74, 6) is 9.29. The predicted molar refractivity (Wildman–Crippen MR) is 489 cm³/mol. The van der Waals surface area contributed by atoms with E-state index in [0.717, 1.165) is 106 Å². The molecule has 3 N–H and O–H groups in total. The largest absolute Gasteiger partial charge is 0.508 e. The molecule has 638 valence electrons. The lowest BCUT2D eigenvalue weighted by Gasteiger charge is -2.19. The number of hydrogen-bond donors (Lipinski definition) is 3. The molecule has 0 atom stereocenters. The molecule has 13 aromatic carbocycles. The molecule has 27 heteroatoms. The van der Waals surface area contributed by atoms with E-state index in [1.807, 2.05) is 188 Å². The number of phenolic OH excluding ortho intramolecular Hbond substituents is 3. The molecule has 6 heterocycles. The molecule has 0 aliphatic rings. The van der Waals surface area contributed by atoms with Crippen molar-refractivity contribution in [1.29, 1.82) is 5.26 Å². The van der Waals surface area contributed by atoms with E-state index >= 15 is 0 Å². The maximum atomic E-state index is 13.2. The fourth-order valence-electron chi connectivity index (χ4n) is 13.1. The SMILES string of the molecule is CC(C)(C#N)c1cc(Cn2cncn2)cc(-c2ccc(O)cc2)c1.Fc1ccc(-c2cccc(Cn3cncn3)c2)cc1.Fc1cccc(-c2cccc(Cn3cncn3)c2)c1.Oc1ccc(C#Cc2cccc(Cn3cncn3)c2)cc1Cl.Oc1ccc(Oc2cccc(Cn3cncn3)c2)cc1.c1ccc(Oc2ccccc2-c2ccc(Cn3cncn3)cc2)cc1. The first kappa shape index (κ1) is 88.2. The third-order valence-corrected chi connectivity index (χ3v) is 19.9.